The molecule has 93 valence electrons. The number of nitrogens with zero attached hydrogens (tertiary/aromatic N) is 3. The summed E-state index contributed by atoms with van der Waals surface area (Å²) in [5.74, 6) is 5.24. The van der Waals surface area contributed by atoms with Gasteiger partial charge < -0.3 is 10.8 Å². The van der Waals surface area contributed by atoms with Crippen LogP contribution < -0.4 is 5.84 Å². The number of hydrogen-bond donors (Lipinski definition) is 1. The molecule has 0 fully saturated rings. The molecule has 1 atom stereocenters. The van der Waals surface area contributed by atoms with Gasteiger partial charge in [0.2, 0.25) is 6.74 Å². The van der Waals surface area contributed by atoms with E-state index in [0.29, 0.717) is 6.54 Å². The van der Waals surface area contributed by atoms with Gasteiger partial charge in [0.25, 0.3) is 0 Å². The van der Waals surface area contributed by atoms with Gasteiger partial charge in [-0.2, -0.15) is 0 Å². The number of hydrogen-bond acceptors (Lipinski definition) is 2. The van der Waals surface area contributed by atoms with E-state index in [1.807, 2.05) is 0 Å². The fourth-order valence-corrected chi connectivity index (χ4v) is 3.87. The van der Waals surface area contributed by atoms with Gasteiger partial charge in [0.1, 0.15) is 0 Å². The van der Waals surface area contributed by atoms with Gasteiger partial charge >= 0.3 is 0 Å². The zero-order valence-corrected chi connectivity index (χ0v) is 11.9. The Kier molecular flexibility index (Phi) is 4.18. The van der Waals surface area contributed by atoms with Crippen LogP contribution >= 0.6 is 0 Å². The summed E-state index contributed by atoms with van der Waals surface area (Å²) >= 11 is 0. The maximum Gasteiger partial charge on any atom is 0.225 e. The number of aryl methyl sites for hydroxylation is 1. The van der Waals surface area contributed by atoms with Crippen molar-refractivity contribution in [3.63, 3.8) is 0 Å². The van der Waals surface area contributed by atoms with E-state index in [1.54, 1.807) is 12.0 Å². The van der Waals surface area contributed by atoms with Gasteiger partial charge in [-0.25, -0.2) is 0 Å². The second-order valence-electron chi connectivity index (χ2n) is 5.78. The lowest BCUT2D eigenvalue weighted by molar-refractivity contribution is 0.410. The average molecular weight is 264 g/mol. The molecule has 0 bridgehead atoms. The molecule has 0 aromatic heterocycles. The van der Waals surface area contributed by atoms with Gasteiger partial charge in [0.05, 0.1) is 6.60 Å². The smallest absolute Gasteiger partial charge is 0.225 e. The Morgan fingerprint density at radius 2 is 2.14 bits per heavy atom. The lowest BCUT2D eigenvalue weighted by Gasteiger charge is -2.46. The Hall–Kier alpha value is -1.13. The molecular weight excluding hydrogens is 252 g/mol. The van der Waals surface area contributed by atoms with E-state index in [4.69, 9.17) is 29.1 Å². The molecule has 2 aliphatic heterocycles. The summed E-state index contributed by atoms with van der Waals surface area (Å²) in [6.07, 6.45) is 1.49. The highest BCUT2D eigenvalue weighted by molar-refractivity contribution is 7.59. The zero-order chi connectivity index (χ0) is 15.0. The Labute approximate surface area is 131 Å². The van der Waals surface area contributed by atoms with Crippen LogP contribution in [0.1, 0.15) is 22.4 Å². The summed E-state index contributed by atoms with van der Waals surface area (Å²) < 4.78 is 0. The molecule has 7 radical (unpaired) electrons. The van der Waals surface area contributed by atoms with Crippen molar-refractivity contribution in [3.8, 4) is 0 Å². The molecule has 11 heteroatoms. The second-order valence-corrected chi connectivity index (χ2v) is 5.78. The van der Waals surface area contributed by atoms with Gasteiger partial charge in [0.15, 0.2) is 0 Å². The molecule has 0 unspecified atom stereocenters. The van der Waals surface area contributed by atoms with Crippen LogP contribution in [0.5, 0.6) is 0 Å². The molecule has 3 rings (SSSR count). The van der Waals surface area contributed by atoms with E-state index in [2.05, 4.69) is 28.6 Å². The number of rotatable bonds is 3. The number of nitrogens with two attached hydrogens (primary N) is 1. The van der Waals surface area contributed by atoms with Crippen molar-refractivity contribution in [2.24, 2.45) is 16.3 Å². The van der Waals surface area contributed by atoms with Crippen molar-refractivity contribution >= 4 is 50.0 Å². The first-order chi connectivity index (χ1) is 10.2. The molecule has 0 saturated carbocycles. The summed E-state index contributed by atoms with van der Waals surface area (Å²) in [6.45, 7) is 0.692. The molecule has 21 heavy (non-hydrogen) atoms. The van der Waals surface area contributed by atoms with E-state index in [-0.39, 0.29) is 19.1 Å². The standard InChI is InChI=1S/C10H12B7N4/c11-14-15-5-4-7-2-1-3-8-6-21(20-19-18)16(17(12)13)10(15)9(7)8/h1-3,10H,4-6H2,(H2,18,20)/t10-/m0/s1. The highest BCUT2D eigenvalue weighted by atomic mass is 15.6. The molecule has 0 saturated heterocycles. The first-order valence-corrected chi connectivity index (χ1v) is 7.21. The third-order valence-corrected chi connectivity index (χ3v) is 4.68. The molecule has 1 aromatic carbocycles. The largest absolute Gasteiger partial charge is 0.327 e. The summed E-state index contributed by atoms with van der Waals surface area (Å²) in [7, 11) is 19.7. The third-order valence-electron chi connectivity index (χ3n) is 4.68. The van der Waals surface area contributed by atoms with E-state index in [9.17, 15) is 0 Å². The Morgan fingerprint density at radius 1 is 1.38 bits per heavy atom. The summed E-state index contributed by atoms with van der Waals surface area (Å²) in [5, 5.41) is 7.45. The Bertz CT molecular complexity index is 554. The molecule has 2 N–H and O–H groups in total. The van der Waals surface area contributed by atoms with Crippen molar-refractivity contribution in [2.75, 3.05) is 0 Å². The molecule has 0 amide bonds. The molecular formula is C10H12B7N4. The predicted molar refractivity (Wildman–Crippen MR) is 92.6 cm³/mol. The minimum Gasteiger partial charge on any atom is -0.327 e. The van der Waals surface area contributed by atoms with Gasteiger partial charge in [-0.1, -0.05) is 46.2 Å². The maximum atomic E-state index is 6.04. The van der Waals surface area contributed by atoms with Crippen LogP contribution in [-0.2, 0) is 13.0 Å². The quantitative estimate of drug-likeness (QED) is 0.334. The number of benzene rings is 1. The van der Waals surface area contributed by atoms with Crippen molar-refractivity contribution < 1.29 is 0 Å². The lowest BCUT2D eigenvalue weighted by Crippen LogP contribution is -2.61. The van der Waals surface area contributed by atoms with Gasteiger partial charge in [0, 0.05) is 43.2 Å². The fraction of sp³-hybridized carbons (Fsp3) is 0.400. The van der Waals surface area contributed by atoms with Crippen molar-refractivity contribution in [1.29, 1.82) is 0 Å². The maximum absolute atomic E-state index is 6.04. The van der Waals surface area contributed by atoms with E-state index < -0.39 is 6.39 Å². The summed E-state index contributed by atoms with van der Waals surface area (Å²) in [4.78, 5) is 1.79. The monoisotopic (exact) mass is 265 g/mol. The van der Waals surface area contributed by atoms with Gasteiger partial charge in [-0.15, -0.1) is 0 Å². The molecule has 1 aromatic rings. The SMILES string of the molecule is [B][B]B1CCc2cccc3c2[C@@H]1B(B([B])[B])N(/N=N/N)C3. The van der Waals surface area contributed by atoms with Crippen LogP contribution in [-0.4, -0.2) is 54.9 Å². The predicted octanol–water partition coefficient (Wildman–Crippen LogP) is -0.865. The molecule has 2 heterocycles. The Balaban J connectivity index is 2.14. The van der Waals surface area contributed by atoms with Gasteiger partial charge in [-0.3, -0.25) is 0 Å². The molecule has 0 aliphatic carbocycles. The lowest BCUT2D eigenvalue weighted by atomic mass is 8.87. The first kappa shape index (κ1) is 14.8. The van der Waals surface area contributed by atoms with Crippen molar-refractivity contribution in [3.05, 3.63) is 34.9 Å². The zero-order valence-electron chi connectivity index (χ0n) is 11.9. The van der Waals surface area contributed by atoms with Crippen LogP contribution in [0.4, 0.5) is 0 Å². The van der Waals surface area contributed by atoms with Crippen LogP contribution in [0, 0.1) is 0 Å². The molecule has 4 nitrogen and oxygen atoms in total. The van der Waals surface area contributed by atoms with Crippen LogP contribution in [0.25, 0.3) is 0 Å². The third kappa shape index (κ3) is 2.45. The van der Waals surface area contributed by atoms with Crippen molar-refractivity contribution in [1.82, 2.24) is 4.92 Å². The minimum atomic E-state index is -0.540. The average Bonchev–Trinajstić information content (AvgIpc) is 2.47. The molecule has 2 aliphatic rings. The van der Waals surface area contributed by atoms with Gasteiger partial charge in [-0.05, 0) is 17.5 Å². The Morgan fingerprint density at radius 3 is 2.81 bits per heavy atom. The summed E-state index contributed by atoms with van der Waals surface area (Å²) in [5.41, 5.74) is 4.07. The fourth-order valence-electron chi connectivity index (χ4n) is 3.87. The highest BCUT2D eigenvalue weighted by Gasteiger charge is 2.46. The minimum absolute atomic E-state index is 0.134. The highest BCUT2D eigenvalue weighted by Crippen LogP contribution is 2.40. The van der Waals surface area contributed by atoms with Crippen molar-refractivity contribution in [2.45, 2.75) is 25.0 Å². The van der Waals surface area contributed by atoms with E-state index >= 15 is 0 Å². The summed E-state index contributed by atoms with van der Waals surface area (Å²) in [6, 6.07) is 6.37. The topological polar surface area (TPSA) is 54.0 Å². The van der Waals surface area contributed by atoms with Crippen LogP contribution in [0.15, 0.2) is 28.6 Å². The van der Waals surface area contributed by atoms with E-state index in [1.165, 1.54) is 16.7 Å². The van der Waals surface area contributed by atoms with Crippen LogP contribution in [0.3, 0.4) is 0 Å². The molecule has 0 spiro atoms. The normalized spacial score (nSPS) is 20.6. The van der Waals surface area contributed by atoms with E-state index in [0.717, 1.165) is 12.7 Å². The second kappa shape index (κ2) is 5.94. The first-order valence-electron chi connectivity index (χ1n) is 7.21. The van der Waals surface area contributed by atoms with Crippen LogP contribution in [0.2, 0.25) is 6.32 Å².